The maximum Gasteiger partial charge on any atom is 0.0181 e. The average Bonchev–Trinajstić information content (AvgIpc) is 2.09. The van der Waals surface area contributed by atoms with E-state index in [9.17, 15) is 0 Å². The van der Waals surface area contributed by atoms with Crippen molar-refractivity contribution in [3.63, 3.8) is 0 Å². The van der Waals surface area contributed by atoms with Crippen LogP contribution in [0.15, 0.2) is 0 Å². The van der Waals surface area contributed by atoms with Gasteiger partial charge < -0.3 is 5.32 Å². The van der Waals surface area contributed by atoms with Crippen LogP contribution in [-0.4, -0.2) is 24.6 Å². The van der Waals surface area contributed by atoms with Crippen molar-refractivity contribution in [3.05, 3.63) is 0 Å². The molecule has 0 aliphatic carbocycles. The van der Waals surface area contributed by atoms with Gasteiger partial charge >= 0.3 is 0 Å². The highest BCUT2D eigenvalue weighted by Gasteiger charge is 2.18. The minimum Gasteiger partial charge on any atom is -0.316 e. The van der Waals surface area contributed by atoms with Crippen molar-refractivity contribution >= 4 is 11.8 Å². The van der Waals surface area contributed by atoms with Crippen molar-refractivity contribution in [2.75, 3.05) is 18.6 Å². The number of nitrogens with one attached hydrogen (secondary N) is 1. The second-order valence-corrected chi connectivity index (χ2v) is 3.89. The summed E-state index contributed by atoms with van der Waals surface area (Å²) in [6.07, 6.45) is 1.39. The van der Waals surface area contributed by atoms with E-state index >= 15 is 0 Å². The zero-order chi connectivity index (χ0) is 8.69. The first kappa shape index (κ1) is 11.3. The fourth-order valence-corrected chi connectivity index (χ4v) is 2.67. The molecule has 0 aromatic rings. The third-order valence-corrected chi connectivity index (χ3v) is 3.19. The highest BCUT2D eigenvalue weighted by atomic mass is 32.2. The number of rotatable bonds is 1. The largest absolute Gasteiger partial charge is 0.316 e. The Bertz CT molecular complexity index is 85.6. The van der Waals surface area contributed by atoms with Gasteiger partial charge in [0, 0.05) is 11.8 Å². The van der Waals surface area contributed by atoms with E-state index in [1.54, 1.807) is 0 Å². The van der Waals surface area contributed by atoms with Gasteiger partial charge in [-0.05, 0) is 25.1 Å². The lowest BCUT2D eigenvalue weighted by atomic mass is 10.0. The minimum absolute atomic E-state index is 0.767. The Balaban J connectivity index is 0.000000461. The van der Waals surface area contributed by atoms with Gasteiger partial charge in [0.2, 0.25) is 0 Å². The molecule has 0 saturated carbocycles. The highest BCUT2D eigenvalue weighted by molar-refractivity contribution is 7.99. The first-order chi connectivity index (χ1) is 5.34. The van der Waals surface area contributed by atoms with Crippen molar-refractivity contribution in [1.29, 1.82) is 0 Å². The van der Waals surface area contributed by atoms with E-state index in [-0.39, 0.29) is 0 Å². The Kier molecular flexibility index (Phi) is 7.18. The molecule has 0 spiro atoms. The summed E-state index contributed by atoms with van der Waals surface area (Å²) in [5, 5.41) is 3.33. The molecular formula is C9H21NS. The van der Waals surface area contributed by atoms with Crippen molar-refractivity contribution in [1.82, 2.24) is 5.32 Å². The van der Waals surface area contributed by atoms with Crippen molar-refractivity contribution < 1.29 is 0 Å². The molecule has 1 nitrogen and oxygen atoms in total. The molecular weight excluding hydrogens is 154 g/mol. The van der Waals surface area contributed by atoms with Crippen LogP contribution < -0.4 is 5.32 Å². The molecule has 2 unspecified atom stereocenters. The van der Waals surface area contributed by atoms with Gasteiger partial charge in [-0.2, -0.15) is 11.8 Å². The van der Waals surface area contributed by atoms with Crippen LogP contribution in [0.2, 0.25) is 0 Å². The lowest BCUT2D eigenvalue weighted by Crippen LogP contribution is -2.37. The molecule has 1 heterocycles. The first-order valence-electron chi connectivity index (χ1n) is 4.59. The quantitative estimate of drug-likeness (QED) is 0.656. The molecule has 1 aliphatic heterocycles. The SMILES string of the molecule is CC.CNC1CSCCC1C. The summed E-state index contributed by atoms with van der Waals surface area (Å²) in [7, 11) is 2.06. The van der Waals surface area contributed by atoms with Crippen LogP contribution in [0.5, 0.6) is 0 Å². The highest BCUT2D eigenvalue weighted by Crippen LogP contribution is 2.21. The van der Waals surface area contributed by atoms with Crippen molar-refractivity contribution in [2.24, 2.45) is 5.92 Å². The van der Waals surface area contributed by atoms with Crippen molar-refractivity contribution in [3.8, 4) is 0 Å². The third-order valence-electron chi connectivity index (χ3n) is 2.07. The number of hydrogen-bond acceptors (Lipinski definition) is 2. The Hall–Kier alpha value is 0.310. The monoisotopic (exact) mass is 175 g/mol. The van der Waals surface area contributed by atoms with E-state index in [1.807, 2.05) is 13.8 Å². The van der Waals surface area contributed by atoms with Gasteiger partial charge in [0.15, 0.2) is 0 Å². The molecule has 1 N–H and O–H groups in total. The molecule has 11 heavy (non-hydrogen) atoms. The molecule has 0 radical (unpaired) electrons. The van der Waals surface area contributed by atoms with Gasteiger partial charge in [0.1, 0.15) is 0 Å². The summed E-state index contributed by atoms with van der Waals surface area (Å²) in [6.45, 7) is 6.33. The zero-order valence-electron chi connectivity index (χ0n) is 8.18. The zero-order valence-corrected chi connectivity index (χ0v) is 9.00. The summed E-state index contributed by atoms with van der Waals surface area (Å²) >= 11 is 2.07. The van der Waals surface area contributed by atoms with Crippen molar-refractivity contribution in [2.45, 2.75) is 33.2 Å². The fourth-order valence-electron chi connectivity index (χ4n) is 1.21. The Morgan fingerprint density at radius 3 is 2.36 bits per heavy atom. The standard InChI is InChI=1S/C7H15NS.C2H6/c1-6-3-4-9-5-7(6)8-2;1-2/h6-8H,3-5H2,1-2H3;1-2H3. The maximum atomic E-state index is 3.33. The molecule has 0 amide bonds. The number of thioether (sulfide) groups is 1. The molecule has 1 saturated heterocycles. The van der Waals surface area contributed by atoms with Gasteiger partial charge in [-0.3, -0.25) is 0 Å². The van der Waals surface area contributed by atoms with E-state index in [4.69, 9.17) is 0 Å². The summed E-state index contributed by atoms with van der Waals surface area (Å²) in [5.74, 6) is 3.55. The lowest BCUT2D eigenvalue weighted by molar-refractivity contribution is 0.413. The predicted octanol–water partition coefficient (Wildman–Crippen LogP) is 2.37. The van der Waals surface area contributed by atoms with E-state index in [1.165, 1.54) is 17.9 Å². The van der Waals surface area contributed by atoms with Gasteiger partial charge in [0.05, 0.1) is 0 Å². The Labute approximate surface area is 75.3 Å². The molecule has 68 valence electrons. The first-order valence-corrected chi connectivity index (χ1v) is 5.75. The third kappa shape index (κ3) is 4.02. The number of hydrogen-bond donors (Lipinski definition) is 1. The summed E-state index contributed by atoms with van der Waals surface area (Å²) < 4.78 is 0. The van der Waals surface area contributed by atoms with E-state index in [0.717, 1.165) is 12.0 Å². The lowest BCUT2D eigenvalue weighted by Gasteiger charge is -2.27. The van der Waals surface area contributed by atoms with Gasteiger partial charge in [-0.25, -0.2) is 0 Å². The van der Waals surface area contributed by atoms with E-state index < -0.39 is 0 Å². The van der Waals surface area contributed by atoms with Crippen LogP contribution in [0, 0.1) is 5.92 Å². The van der Waals surface area contributed by atoms with Crippen LogP contribution >= 0.6 is 11.8 Å². The van der Waals surface area contributed by atoms with Crippen LogP contribution in [0.25, 0.3) is 0 Å². The second kappa shape index (κ2) is 6.99. The average molecular weight is 175 g/mol. The normalized spacial score (nSPS) is 30.5. The molecule has 0 aromatic heterocycles. The molecule has 2 atom stereocenters. The molecule has 0 bridgehead atoms. The Morgan fingerprint density at radius 2 is 2.00 bits per heavy atom. The van der Waals surface area contributed by atoms with Gasteiger partial charge in [-0.15, -0.1) is 0 Å². The molecule has 1 rings (SSSR count). The minimum atomic E-state index is 0.767. The molecule has 0 aromatic carbocycles. The second-order valence-electron chi connectivity index (χ2n) is 2.74. The summed E-state index contributed by atoms with van der Waals surface area (Å²) in [5.41, 5.74) is 0. The predicted molar refractivity (Wildman–Crippen MR) is 55.3 cm³/mol. The van der Waals surface area contributed by atoms with Crippen LogP contribution in [0.3, 0.4) is 0 Å². The molecule has 1 fully saturated rings. The summed E-state index contributed by atoms with van der Waals surface area (Å²) in [6, 6.07) is 0.767. The molecule has 2 heteroatoms. The van der Waals surface area contributed by atoms with E-state index in [0.29, 0.717) is 0 Å². The van der Waals surface area contributed by atoms with Crippen LogP contribution in [0.4, 0.5) is 0 Å². The summed E-state index contributed by atoms with van der Waals surface area (Å²) in [4.78, 5) is 0. The Morgan fingerprint density at radius 1 is 1.36 bits per heavy atom. The van der Waals surface area contributed by atoms with Gasteiger partial charge in [-0.1, -0.05) is 20.8 Å². The molecule has 1 aliphatic rings. The topological polar surface area (TPSA) is 12.0 Å². The maximum absolute atomic E-state index is 3.33. The van der Waals surface area contributed by atoms with Crippen LogP contribution in [0.1, 0.15) is 27.2 Å². The van der Waals surface area contributed by atoms with Gasteiger partial charge in [0.25, 0.3) is 0 Å². The fraction of sp³-hybridized carbons (Fsp3) is 1.00. The van der Waals surface area contributed by atoms with E-state index in [2.05, 4.69) is 31.1 Å². The smallest absolute Gasteiger partial charge is 0.0181 e. The van der Waals surface area contributed by atoms with Crippen LogP contribution in [-0.2, 0) is 0 Å².